The predicted molar refractivity (Wildman–Crippen MR) is 155 cm³/mol. The summed E-state index contributed by atoms with van der Waals surface area (Å²) >= 11 is 0. The fourth-order valence-corrected chi connectivity index (χ4v) is 9.21. The van der Waals surface area contributed by atoms with Crippen LogP contribution in [0.1, 0.15) is 109 Å². The number of hydrogen-bond acceptors (Lipinski definition) is 8. The summed E-state index contributed by atoms with van der Waals surface area (Å²) in [7, 11) is 0. The molecule has 3 aliphatic rings. The number of benzene rings is 1. The van der Waals surface area contributed by atoms with Gasteiger partial charge in [0.25, 0.3) is 0 Å². The van der Waals surface area contributed by atoms with Crippen molar-refractivity contribution in [1.29, 1.82) is 0 Å². The molecule has 8 atom stereocenters. The van der Waals surface area contributed by atoms with Crippen LogP contribution in [0.5, 0.6) is 5.75 Å². The minimum Gasteiger partial charge on any atom is -0.507 e. The summed E-state index contributed by atoms with van der Waals surface area (Å²) in [4.78, 5) is 83.4. The van der Waals surface area contributed by atoms with Gasteiger partial charge in [-0.2, -0.15) is 0 Å². The highest BCUT2D eigenvalue weighted by atomic mass is 16.3. The van der Waals surface area contributed by atoms with Crippen LogP contribution in [0.2, 0.25) is 0 Å². The van der Waals surface area contributed by atoms with Crippen LogP contribution in [0, 0.1) is 40.4 Å². The Bertz CT molecular complexity index is 1360. The lowest BCUT2D eigenvalue weighted by Gasteiger charge is -2.67. The van der Waals surface area contributed by atoms with Gasteiger partial charge in [-0.3, -0.25) is 28.8 Å². The van der Waals surface area contributed by atoms with Crippen LogP contribution in [-0.4, -0.2) is 50.5 Å². The Hall–Kier alpha value is -3.00. The first-order valence-electron chi connectivity index (χ1n) is 15.3. The maximum absolute atomic E-state index is 14.8. The van der Waals surface area contributed by atoms with E-state index in [0.29, 0.717) is 12.0 Å². The molecule has 3 aliphatic carbocycles. The molecule has 8 nitrogen and oxygen atoms in total. The number of Topliss-reactive ketones (excluding diaryl/α,β-unsaturated/α-hetero) is 6. The molecule has 8 heteroatoms. The Kier molecular flexibility index (Phi) is 8.31. The molecule has 0 aromatic heterocycles. The van der Waals surface area contributed by atoms with Crippen LogP contribution >= 0.6 is 0 Å². The van der Waals surface area contributed by atoms with Crippen molar-refractivity contribution in [2.45, 2.75) is 98.5 Å². The number of unbranched alkanes of at least 4 members (excludes halogenated alkanes) is 2. The predicted octanol–water partition coefficient (Wildman–Crippen LogP) is 4.81. The molecule has 2 N–H and O–H groups in total. The molecule has 2 fully saturated rings. The lowest BCUT2D eigenvalue weighted by atomic mass is 9.33. The number of aliphatic hydroxyl groups is 1. The minimum atomic E-state index is -2.86. The molecule has 2 saturated carbocycles. The molecule has 0 aliphatic heterocycles. The van der Waals surface area contributed by atoms with Gasteiger partial charge in [-0.05, 0) is 48.1 Å². The first kappa shape index (κ1) is 31.9. The van der Waals surface area contributed by atoms with Crippen molar-refractivity contribution >= 4 is 34.7 Å². The molecule has 0 saturated heterocycles. The van der Waals surface area contributed by atoms with Crippen LogP contribution in [0.4, 0.5) is 0 Å². The molecule has 1 aromatic rings. The third-order valence-corrected chi connectivity index (χ3v) is 11.1. The zero-order chi connectivity index (χ0) is 31.5. The van der Waals surface area contributed by atoms with Crippen LogP contribution < -0.4 is 0 Å². The average Bonchev–Trinajstić information content (AvgIpc) is 2.90. The van der Waals surface area contributed by atoms with E-state index in [1.165, 1.54) is 6.07 Å². The fraction of sp³-hybridized carbons (Fsp3) is 0.647. The highest BCUT2D eigenvalue weighted by Crippen LogP contribution is 2.70. The molecule has 0 heterocycles. The number of phenols is 1. The van der Waals surface area contributed by atoms with Gasteiger partial charge in [0.1, 0.15) is 23.2 Å². The van der Waals surface area contributed by atoms with E-state index in [0.717, 1.165) is 26.2 Å². The van der Waals surface area contributed by atoms with Gasteiger partial charge in [0.2, 0.25) is 0 Å². The van der Waals surface area contributed by atoms with E-state index < -0.39 is 80.9 Å². The third-order valence-electron chi connectivity index (χ3n) is 11.1. The molecule has 0 amide bonds. The third kappa shape index (κ3) is 4.04. The van der Waals surface area contributed by atoms with Gasteiger partial charge in [0.15, 0.2) is 28.7 Å². The van der Waals surface area contributed by atoms with Crippen molar-refractivity contribution in [3.05, 3.63) is 29.3 Å². The zero-order valence-corrected chi connectivity index (χ0v) is 25.8. The van der Waals surface area contributed by atoms with Gasteiger partial charge in [-0.25, -0.2) is 0 Å². The lowest BCUT2D eigenvalue weighted by Crippen LogP contribution is -2.80. The first-order chi connectivity index (χ1) is 19.6. The Morgan fingerprint density at radius 2 is 1.64 bits per heavy atom. The van der Waals surface area contributed by atoms with Crippen LogP contribution in [0.25, 0.3) is 0 Å². The van der Waals surface area contributed by atoms with Crippen molar-refractivity contribution in [1.82, 2.24) is 0 Å². The second-order valence-electron chi connectivity index (χ2n) is 13.5. The summed E-state index contributed by atoms with van der Waals surface area (Å²) in [6.07, 6.45) is 3.06. The second kappa shape index (κ2) is 10.9. The zero-order valence-electron chi connectivity index (χ0n) is 25.8. The van der Waals surface area contributed by atoms with Crippen LogP contribution in [-0.2, 0) is 24.0 Å². The largest absolute Gasteiger partial charge is 0.507 e. The normalized spacial score (nSPS) is 36.0. The summed E-state index contributed by atoms with van der Waals surface area (Å²) in [5, 5.41) is 23.4. The molecular formula is C34H44O8. The Morgan fingerprint density at radius 1 is 1.00 bits per heavy atom. The molecule has 0 spiro atoms. The number of rotatable bonds is 9. The van der Waals surface area contributed by atoms with E-state index in [4.69, 9.17) is 0 Å². The van der Waals surface area contributed by atoms with Gasteiger partial charge in [0, 0.05) is 24.2 Å². The van der Waals surface area contributed by atoms with E-state index >= 15 is 0 Å². The number of phenolic OH excluding ortho intramolecular Hbond substituents is 1. The monoisotopic (exact) mass is 580 g/mol. The van der Waals surface area contributed by atoms with E-state index in [1.54, 1.807) is 46.8 Å². The summed E-state index contributed by atoms with van der Waals surface area (Å²) in [5.74, 6) is -11.3. The number of aromatic hydroxyl groups is 1. The minimum absolute atomic E-state index is 0.00884. The van der Waals surface area contributed by atoms with E-state index in [1.807, 2.05) is 0 Å². The van der Waals surface area contributed by atoms with E-state index in [9.17, 15) is 39.0 Å². The first-order valence-corrected chi connectivity index (χ1v) is 15.3. The van der Waals surface area contributed by atoms with E-state index in [2.05, 4.69) is 6.92 Å². The maximum atomic E-state index is 14.8. The number of carbonyl (C=O) groups excluding carboxylic acids is 6. The Balaban J connectivity index is 2.15. The smallest absolute Gasteiger partial charge is 0.190 e. The van der Waals surface area contributed by atoms with Crippen LogP contribution in [0.15, 0.2) is 18.2 Å². The van der Waals surface area contributed by atoms with Gasteiger partial charge < -0.3 is 10.2 Å². The molecule has 4 rings (SSSR count). The Labute approximate surface area is 247 Å². The Morgan fingerprint density at radius 3 is 2.19 bits per heavy atom. The molecule has 1 aromatic carbocycles. The summed E-state index contributed by atoms with van der Waals surface area (Å²) < 4.78 is 0. The van der Waals surface area contributed by atoms with Gasteiger partial charge in [-0.15, -0.1) is 0 Å². The maximum Gasteiger partial charge on any atom is 0.190 e. The van der Waals surface area contributed by atoms with E-state index in [-0.39, 0.29) is 29.9 Å². The summed E-state index contributed by atoms with van der Waals surface area (Å²) in [5.41, 5.74) is -5.34. The van der Waals surface area contributed by atoms with Gasteiger partial charge >= 0.3 is 0 Å². The second-order valence-corrected chi connectivity index (χ2v) is 13.5. The molecule has 0 bridgehead atoms. The topological polar surface area (TPSA) is 143 Å². The van der Waals surface area contributed by atoms with Crippen molar-refractivity contribution in [3.63, 3.8) is 0 Å². The molecule has 3 unspecified atom stereocenters. The standard InChI is InChI=1S/C34H44O8/c1-8-10-11-14-21-20-13-12-15-22(37)25(20)29(39)27-31(41)34(42)30(40)24(18(5)35)28(38)26(17(3)4)33(34,7)23(32(21,27)6)16-19(36)9-2/h12-13,15,17,21,23-24,26-27,37,42H,8-11,14,16H2,1-7H3/t21-,23-,24?,26?,27?,32-,33-,34+/m1/s1. The summed E-state index contributed by atoms with van der Waals surface area (Å²) in [6.45, 7) is 11.7. The molecular weight excluding hydrogens is 536 g/mol. The molecule has 42 heavy (non-hydrogen) atoms. The average molecular weight is 581 g/mol. The van der Waals surface area contributed by atoms with Crippen molar-refractivity contribution in [2.75, 3.05) is 0 Å². The fourth-order valence-electron chi connectivity index (χ4n) is 9.21. The molecule has 228 valence electrons. The van der Waals surface area contributed by atoms with Crippen molar-refractivity contribution in [3.8, 4) is 5.75 Å². The molecule has 0 radical (unpaired) electrons. The highest BCUT2D eigenvalue weighted by molar-refractivity contribution is 6.32. The summed E-state index contributed by atoms with van der Waals surface area (Å²) in [6, 6.07) is 4.78. The number of carbonyl (C=O) groups is 6. The number of ketones is 6. The van der Waals surface area contributed by atoms with Gasteiger partial charge in [-0.1, -0.05) is 72.9 Å². The van der Waals surface area contributed by atoms with Crippen molar-refractivity contribution < 1.29 is 39.0 Å². The number of hydrogen-bond donors (Lipinski definition) is 2. The highest BCUT2D eigenvalue weighted by Gasteiger charge is 2.80. The van der Waals surface area contributed by atoms with Crippen LogP contribution in [0.3, 0.4) is 0 Å². The SMILES string of the molecule is CCCCC[C@@H]1c2cccc(O)c2C(=O)C2C(=O)[C@@]3(O)C(=O)C(C(C)=O)C(=O)C(C(C)C)[C@@]3(C)[C@H](CC(=O)CC)[C@]21C. The number of fused-ring (bicyclic) bond motifs is 3. The lowest BCUT2D eigenvalue weighted by molar-refractivity contribution is -0.226. The quantitative estimate of drug-likeness (QED) is 0.313. The van der Waals surface area contributed by atoms with Crippen molar-refractivity contribution in [2.24, 2.45) is 40.4 Å². The van der Waals surface area contributed by atoms with Gasteiger partial charge in [0.05, 0.1) is 11.5 Å².